The van der Waals surface area contributed by atoms with Gasteiger partial charge < -0.3 is 11.5 Å². The van der Waals surface area contributed by atoms with Crippen molar-refractivity contribution in [2.45, 2.75) is 11.8 Å². The zero-order chi connectivity index (χ0) is 12.5. The number of aryl methyl sites for hydroxylation is 1. The van der Waals surface area contributed by atoms with Gasteiger partial charge in [-0.1, -0.05) is 0 Å². The largest absolute Gasteiger partial charge is 0.381 e. The van der Waals surface area contributed by atoms with Crippen LogP contribution in [-0.2, 0) is 21.9 Å². The highest BCUT2D eigenvalue weighted by Gasteiger charge is 2.24. The number of aromatic nitrogens is 2. The number of primary amides is 1. The van der Waals surface area contributed by atoms with Gasteiger partial charge in [0.05, 0.1) is 12.2 Å². The second-order valence-electron chi connectivity index (χ2n) is 3.21. The van der Waals surface area contributed by atoms with Gasteiger partial charge in [0.1, 0.15) is 4.90 Å². The van der Waals surface area contributed by atoms with Gasteiger partial charge in [-0.05, 0) is 6.92 Å². The monoisotopic (exact) mass is 247 g/mol. The maximum atomic E-state index is 11.7. The normalized spacial score (nSPS) is 11.6. The molecule has 1 aromatic heterocycles. The number of hydrogen-bond acceptors (Lipinski definition) is 5. The number of carbonyl (C=O) groups excluding carboxylic acids is 1. The summed E-state index contributed by atoms with van der Waals surface area (Å²) in [5.74, 6) is -0.888. The molecule has 0 aromatic carbocycles. The number of amides is 1. The molecule has 0 saturated heterocycles. The van der Waals surface area contributed by atoms with Crippen LogP contribution >= 0.6 is 0 Å². The smallest absolute Gasteiger partial charge is 0.246 e. The van der Waals surface area contributed by atoms with E-state index in [0.717, 1.165) is 0 Å². The van der Waals surface area contributed by atoms with Gasteiger partial charge in [0.15, 0.2) is 5.82 Å². The lowest BCUT2D eigenvalue weighted by Gasteiger charge is -2.04. The molecule has 0 aliphatic carbocycles. The Morgan fingerprint density at radius 2 is 2.12 bits per heavy atom. The quantitative estimate of drug-likeness (QED) is 0.570. The molecular weight excluding hydrogens is 234 g/mol. The molecule has 8 nitrogen and oxygen atoms in total. The minimum Gasteiger partial charge on any atom is -0.381 e. The molecular formula is C7H13N5O3S. The van der Waals surface area contributed by atoms with Gasteiger partial charge in [-0.2, -0.15) is 5.10 Å². The van der Waals surface area contributed by atoms with Gasteiger partial charge in [-0.3, -0.25) is 9.48 Å². The maximum Gasteiger partial charge on any atom is 0.246 e. The Labute approximate surface area is 92.7 Å². The van der Waals surface area contributed by atoms with Gasteiger partial charge in [-0.15, -0.1) is 0 Å². The predicted octanol–water partition coefficient (Wildman–Crippen LogP) is -1.93. The summed E-state index contributed by atoms with van der Waals surface area (Å²) in [6.07, 6.45) is 0. The van der Waals surface area contributed by atoms with Crippen molar-refractivity contribution in [3.63, 3.8) is 0 Å². The lowest BCUT2D eigenvalue weighted by molar-refractivity contribution is -0.116. The van der Waals surface area contributed by atoms with Crippen molar-refractivity contribution in [2.24, 2.45) is 12.8 Å². The van der Waals surface area contributed by atoms with Crippen LogP contribution in [0.25, 0.3) is 0 Å². The molecule has 0 spiro atoms. The van der Waals surface area contributed by atoms with Crippen LogP contribution in [0.1, 0.15) is 5.69 Å². The van der Waals surface area contributed by atoms with E-state index in [1.165, 1.54) is 4.68 Å². The summed E-state index contributed by atoms with van der Waals surface area (Å²) in [5, 5.41) is 3.76. The minimum atomic E-state index is -3.86. The van der Waals surface area contributed by atoms with E-state index in [4.69, 9.17) is 11.5 Å². The van der Waals surface area contributed by atoms with Gasteiger partial charge in [0.25, 0.3) is 0 Å². The molecule has 0 fully saturated rings. The molecule has 0 bridgehead atoms. The summed E-state index contributed by atoms with van der Waals surface area (Å²) in [6, 6.07) is 0. The number of carbonyl (C=O) groups is 1. The highest BCUT2D eigenvalue weighted by molar-refractivity contribution is 7.89. The number of sulfonamides is 1. The fourth-order valence-electron chi connectivity index (χ4n) is 1.18. The third-order valence-electron chi connectivity index (χ3n) is 2.01. The molecule has 1 aromatic rings. The van der Waals surface area contributed by atoms with Gasteiger partial charge >= 0.3 is 0 Å². The summed E-state index contributed by atoms with van der Waals surface area (Å²) in [6.45, 7) is 1.08. The molecule has 0 radical (unpaired) electrons. The van der Waals surface area contributed by atoms with Crippen molar-refractivity contribution in [3.8, 4) is 0 Å². The average Bonchev–Trinajstić information content (AvgIpc) is 2.38. The number of nitrogens with zero attached hydrogens (tertiary/aromatic N) is 2. The van der Waals surface area contributed by atoms with Crippen LogP contribution in [0.15, 0.2) is 4.90 Å². The highest BCUT2D eigenvalue weighted by Crippen LogP contribution is 2.20. The number of rotatable bonds is 4. The molecule has 9 heteroatoms. The van der Waals surface area contributed by atoms with E-state index in [1.54, 1.807) is 14.0 Å². The van der Waals surface area contributed by atoms with E-state index in [1.807, 2.05) is 4.72 Å². The van der Waals surface area contributed by atoms with Crippen LogP contribution in [0.2, 0.25) is 0 Å². The Morgan fingerprint density at radius 3 is 2.50 bits per heavy atom. The van der Waals surface area contributed by atoms with Gasteiger partial charge in [0, 0.05) is 7.05 Å². The number of nitrogens with one attached hydrogen (secondary N) is 1. The van der Waals surface area contributed by atoms with Crippen molar-refractivity contribution in [1.82, 2.24) is 14.5 Å². The zero-order valence-electron chi connectivity index (χ0n) is 8.89. The number of nitrogens with two attached hydrogens (primary N) is 2. The Hall–Kier alpha value is -1.61. The van der Waals surface area contributed by atoms with Gasteiger partial charge in [0.2, 0.25) is 15.9 Å². The summed E-state index contributed by atoms with van der Waals surface area (Å²) in [4.78, 5) is 10.4. The van der Waals surface area contributed by atoms with E-state index in [9.17, 15) is 13.2 Å². The molecule has 0 saturated carbocycles. The predicted molar refractivity (Wildman–Crippen MR) is 56.7 cm³/mol. The van der Waals surface area contributed by atoms with Crippen LogP contribution in [-0.4, -0.2) is 30.7 Å². The molecule has 1 heterocycles. The third kappa shape index (κ3) is 2.31. The summed E-state index contributed by atoms with van der Waals surface area (Å²) in [5.41, 5.74) is 10.7. The Morgan fingerprint density at radius 1 is 1.56 bits per heavy atom. The van der Waals surface area contributed by atoms with Crippen molar-refractivity contribution in [3.05, 3.63) is 5.69 Å². The van der Waals surface area contributed by atoms with Crippen molar-refractivity contribution in [2.75, 3.05) is 12.3 Å². The number of anilines is 1. The zero-order valence-corrected chi connectivity index (χ0v) is 9.71. The Balaban J connectivity index is 3.12. The molecule has 0 atom stereocenters. The van der Waals surface area contributed by atoms with E-state index in [-0.39, 0.29) is 10.7 Å². The first-order valence-electron chi connectivity index (χ1n) is 4.32. The molecule has 5 N–H and O–H groups in total. The van der Waals surface area contributed by atoms with E-state index < -0.39 is 22.5 Å². The summed E-state index contributed by atoms with van der Waals surface area (Å²) >= 11 is 0. The molecule has 0 aliphatic rings. The lowest BCUT2D eigenvalue weighted by atomic mass is 10.5. The molecule has 1 rings (SSSR count). The van der Waals surface area contributed by atoms with Gasteiger partial charge in [-0.25, -0.2) is 13.1 Å². The molecule has 0 unspecified atom stereocenters. The first kappa shape index (κ1) is 12.5. The number of hydrogen-bond donors (Lipinski definition) is 3. The number of nitrogen functional groups attached to an aromatic ring is 1. The topological polar surface area (TPSA) is 133 Å². The average molecular weight is 247 g/mol. The standard InChI is InChI=1S/C7H13N5O3S/c1-4-6(7(9)11-12(4)2)16(14,15)10-3-5(8)13/h10H,3H2,1-2H3,(H2,8,13)(H2,9,11). The Kier molecular flexibility index (Phi) is 3.19. The van der Waals surface area contributed by atoms with Crippen LogP contribution in [0.3, 0.4) is 0 Å². The Bertz CT molecular complexity index is 518. The highest BCUT2D eigenvalue weighted by atomic mass is 32.2. The molecule has 16 heavy (non-hydrogen) atoms. The van der Waals surface area contributed by atoms with E-state index >= 15 is 0 Å². The van der Waals surface area contributed by atoms with Crippen molar-refractivity contribution >= 4 is 21.7 Å². The van der Waals surface area contributed by atoms with Crippen LogP contribution in [0.5, 0.6) is 0 Å². The molecule has 0 aliphatic heterocycles. The van der Waals surface area contributed by atoms with Crippen LogP contribution in [0, 0.1) is 6.92 Å². The minimum absolute atomic E-state index is 0.114. The van der Waals surface area contributed by atoms with Crippen molar-refractivity contribution in [1.29, 1.82) is 0 Å². The van der Waals surface area contributed by atoms with Crippen LogP contribution in [0.4, 0.5) is 5.82 Å². The second-order valence-corrected chi connectivity index (χ2v) is 4.92. The summed E-state index contributed by atoms with van der Waals surface area (Å²) in [7, 11) is -2.29. The molecule has 1 amide bonds. The molecule has 90 valence electrons. The first-order valence-corrected chi connectivity index (χ1v) is 5.81. The van der Waals surface area contributed by atoms with E-state index in [2.05, 4.69) is 5.10 Å². The van der Waals surface area contributed by atoms with Crippen LogP contribution < -0.4 is 16.2 Å². The third-order valence-corrected chi connectivity index (χ3v) is 3.58. The SMILES string of the molecule is Cc1c(S(=O)(=O)NCC(N)=O)c(N)nn1C. The fourth-order valence-corrected chi connectivity index (χ4v) is 2.50. The lowest BCUT2D eigenvalue weighted by Crippen LogP contribution is -2.33. The fraction of sp³-hybridized carbons (Fsp3) is 0.429. The second kappa shape index (κ2) is 4.10. The maximum absolute atomic E-state index is 11.7. The summed E-state index contributed by atoms with van der Waals surface area (Å²) < 4.78 is 26.9. The van der Waals surface area contributed by atoms with E-state index in [0.29, 0.717) is 5.69 Å². The first-order chi connectivity index (χ1) is 7.25. The van der Waals surface area contributed by atoms with Crippen molar-refractivity contribution < 1.29 is 13.2 Å².